The van der Waals surface area contributed by atoms with E-state index in [-0.39, 0.29) is 11.9 Å². The molecule has 86 valence electrons. The van der Waals surface area contributed by atoms with E-state index in [2.05, 4.69) is 11.9 Å². The number of hydrogen-bond donors (Lipinski definition) is 2. The molecule has 1 aliphatic heterocycles. The van der Waals surface area contributed by atoms with Gasteiger partial charge in [-0.05, 0) is 12.8 Å². The van der Waals surface area contributed by atoms with Crippen molar-refractivity contribution in [3.63, 3.8) is 0 Å². The van der Waals surface area contributed by atoms with Gasteiger partial charge in [-0.15, -0.1) is 6.58 Å². The molecular weight excluding hydrogens is 190 g/mol. The summed E-state index contributed by atoms with van der Waals surface area (Å²) in [4.78, 5) is 13.7. The Hall–Kier alpha value is -0.870. The zero-order valence-electron chi connectivity index (χ0n) is 9.24. The average Bonchev–Trinajstić information content (AvgIpc) is 2.77. The highest BCUT2D eigenvalue weighted by molar-refractivity contribution is 5.77. The minimum atomic E-state index is 0.0797. The monoisotopic (exact) mass is 211 g/mol. The molecule has 4 heteroatoms. The summed E-state index contributed by atoms with van der Waals surface area (Å²) in [5, 5.41) is 3.18. The first kappa shape index (κ1) is 12.2. The molecule has 0 saturated carbocycles. The fourth-order valence-corrected chi connectivity index (χ4v) is 1.80. The molecule has 1 amide bonds. The molecule has 4 nitrogen and oxygen atoms in total. The number of nitrogens with one attached hydrogen (secondary N) is 1. The lowest BCUT2D eigenvalue weighted by atomic mass is 10.2. The molecule has 0 aliphatic carbocycles. The van der Waals surface area contributed by atoms with Gasteiger partial charge in [-0.1, -0.05) is 6.08 Å². The Morgan fingerprint density at radius 1 is 1.53 bits per heavy atom. The third-order valence-electron chi connectivity index (χ3n) is 2.72. The summed E-state index contributed by atoms with van der Waals surface area (Å²) in [5.41, 5.74) is 5.59. The third-order valence-corrected chi connectivity index (χ3v) is 2.72. The number of amides is 1. The molecule has 15 heavy (non-hydrogen) atoms. The first-order valence-electron chi connectivity index (χ1n) is 5.60. The largest absolute Gasteiger partial charge is 0.343 e. The molecular formula is C11H21N3O. The lowest BCUT2D eigenvalue weighted by Crippen LogP contribution is -2.41. The number of nitrogens with two attached hydrogens (primary N) is 1. The number of nitrogens with zero attached hydrogens (tertiary/aromatic N) is 1. The van der Waals surface area contributed by atoms with Gasteiger partial charge in [-0.2, -0.15) is 0 Å². The first-order valence-corrected chi connectivity index (χ1v) is 5.60. The maximum absolute atomic E-state index is 11.8. The Morgan fingerprint density at radius 3 is 2.73 bits per heavy atom. The van der Waals surface area contributed by atoms with Crippen LogP contribution in [0.2, 0.25) is 0 Å². The molecule has 1 heterocycles. The molecule has 0 spiro atoms. The summed E-state index contributed by atoms with van der Waals surface area (Å²) in [6.45, 7) is 6.65. The molecule has 0 bridgehead atoms. The van der Waals surface area contributed by atoms with Crippen molar-refractivity contribution in [2.75, 3.05) is 26.2 Å². The molecule has 3 N–H and O–H groups in total. The van der Waals surface area contributed by atoms with E-state index in [1.54, 1.807) is 6.08 Å². The van der Waals surface area contributed by atoms with Crippen LogP contribution in [0.5, 0.6) is 0 Å². The van der Waals surface area contributed by atoms with E-state index in [4.69, 9.17) is 5.73 Å². The molecule has 1 saturated heterocycles. The topological polar surface area (TPSA) is 58.4 Å². The molecule has 0 aromatic carbocycles. The van der Waals surface area contributed by atoms with Gasteiger partial charge in [0, 0.05) is 38.6 Å². The van der Waals surface area contributed by atoms with Crippen molar-refractivity contribution in [3.05, 3.63) is 12.7 Å². The van der Waals surface area contributed by atoms with Crippen LogP contribution >= 0.6 is 0 Å². The molecule has 1 atom stereocenters. The van der Waals surface area contributed by atoms with Crippen molar-refractivity contribution >= 4 is 5.91 Å². The van der Waals surface area contributed by atoms with Crippen LogP contribution in [-0.2, 0) is 4.79 Å². The Bertz CT molecular complexity index is 212. The van der Waals surface area contributed by atoms with Gasteiger partial charge in [0.2, 0.25) is 5.91 Å². The second-order valence-corrected chi connectivity index (χ2v) is 3.92. The highest BCUT2D eigenvalue weighted by Gasteiger charge is 2.20. The van der Waals surface area contributed by atoms with E-state index in [1.807, 2.05) is 4.90 Å². The van der Waals surface area contributed by atoms with E-state index >= 15 is 0 Å². The van der Waals surface area contributed by atoms with E-state index in [0.29, 0.717) is 19.5 Å². The molecule has 1 fully saturated rings. The molecule has 0 radical (unpaired) electrons. The predicted octanol–water partition coefficient (Wildman–Crippen LogP) is 0.102. The van der Waals surface area contributed by atoms with Crippen molar-refractivity contribution in [1.29, 1.82) is 0 Å². The van der Waals surface area contributed by atoms with E-state index < -0.39 is 0 Å². The Labute approximate surface area is 91.5 Å². The van der Waals surface area contributed by atoms with Crippen molar-refractivity contribution in [1.82, 2.24) is 10.2 Å². The standard InChI is InChI=1S/C11H21N3O/c1-2-5-13-10(9-12)8-11(15)14-6-3-4-7-14/h2,10,13H,1,3-9,12H2. The van der Waals surface area contributed by atoms with E-state index in [0.717, 1.165) is 25.9 Å². The van der Waals surface area contributed by atoms with Crippen LogP contribution in [0, 0.1) is 0 Å². The summed E-state index contributed by atoms with van der Waals surface area (Å²) in [6, 6.07) is 0.0797. The minimum absolute atomic E-state index is 0.0797. The van der Waals surface area contributed by atoms with Crippen LogP contribution in [0.25, 0.3) is 0 Å². The summed E-state index contributed by atoms with van der Waals surface area (Å²) in [6.07, 6.45) is 4.56. The van der Waals surface area contributed by atoms with E-state index in [1.165, 1.54) is 0 Å². The molecule has 0 aromatic heterocycles. The lowest BCUT2D eigenvalue weighted by Gasteiger charge is -2.20. The second kappa shape index (κ2) is 6.58. The number of hydrogen-bond acceptors (Lipinski definition) is 3. The zero-order chi connectivity index (χ0) is 11.1. The van der Waals surface area contributed by atoms with Crippen LogP contribution < -0.4 is 11.1 Å². The second-order valence-electron chi connectivity index (χ2n) is 3.92. The van der Waals surface area contributed by atoms with Gasteiger partial charge in [-0.3, -0.25) is 4.79 Å². The maximum Gasteiger partial charge on any atom is 0.224 e. The van der Waals surface area contributed by atoms with Crippen molar-refractivity contribution < 1.29 is 4.79 Å². The smallest absolute Gasteiger partial charge is 0.224 e. The Kier molecular flexibility index (Phi) is 5.36. The normalized spacial score (nSPS) is 17.8. The van der Waals surface area contributed by atoms with Gasteiger partial charge in [0.05, 0.1) is 0 Å². The lowest BCUT2D eigenvalue weighted by molar-refractivity contribution is -0.130. The van der Waals surface area contributed by atoms with Crippen molar-refractivity contribution in [3.8, 4) is 0 Å². The molecule has 1 unspecified atom stereocenters. The van der Waals surface area contributed by atoms with E-state index in [9.17, 15) is 4.79 Å². The van der Waals surface area contributed by atoms with Crippen LogP contribution in [0.4, 0.5) is 0 Å². The SMILES string of the molecule is C=CCNC(CN)CC(=O)N1CCCC1. The molecule has 1 rings (SSSR count). The average molecular weight is 211 g/mol. The zero-order valence-corrected chi connectivity index (χ0v) is 9.24. The highest BCUT2D eigenvalue weighted by Crippen LogP contribution is 2.09. The van der Waals surface area contributed by atoms with Gasteiger partial charge >= 0.3 is 0 Å². The molecule has 1 aliphatic rings. The van der Waals surface area contributed by atoms with Crippen molar-refractivity contribution in [2.24, 2.45) is 5.73 Å². The summed E-state index contributed by atoms with van der Waals surface area (Å²) >= 11 is 0. The van der Waals surface area contributed by atoms with Crippen LogP contribution in [0.3, 0.4) is 0 Å². The maximum atomic E-state index is 11.8. The van der Waals surface area contributed by atoms with Crippen molar-refractivity contribution in [2.45, 2.75) is 25.3 Å². The number of likely N-dealkylation sites (tertiary alicyclic amines) is 1. The fourth-order valence-electron chi connectivity index (χ4n) is 1.80. The minimum Gasteiger partial charge on any atom is -0.343 e. The van der Waals surface area contributed by atoms with Gasteiger partial charge < -0.3 is 16.0 Å². The summed E-state index contributed by atoms with van der Waals surface area (Å²) in [7, 11) is 0. The summed E-state index contributed by atoms with van der Waals surface area (Å²) in [5.74, 6) is 0.222. The predicted molar refractivity (Wildman–Crippen MR) is 61.5 cm³/mol. The fraction of sp³-hybridized carbons (Fsp3) is 0.727. The van der Waals surface area contributed by atoms with Crippen LogP contribution in [0.15, 0.2) is 12.7 Å². The van der Waals surface area contributed by atoms with Crippen LogP contribution in [-0.4, -0.2) is 43.0 Å². The molecule has 0 aromatic rings. The Balaban J connectivity index is 2.29. The highest BCUT2D eigenvalue weighted by atomic mass is 16.2. The van der Waals surface area contributed by atoms with Gasteiger partial charge in [0.15, 0.2) is 0 Å². The van der Waals surface area contributed by atoms with Crippen LogP contribution in [0.1, 0.15) is 19.3 Å². The Morgan fingerprint density at radius 2 is 2.20 bits per heavy atom. The number of rotatable bonds is 6. The number of carbonyl (C=O) groups excluding carboxylic acids is 1. The van der Waals surface area contributed by atoms with Gasteiger partial charge in [0.25, 0.3) is 0 Å². The first-order chi connectivity index (χ1) is 7.27. The quantitative estimate of drug-likeness (QED) is 0.613. The number of carbonyl (C=O) groups is 1. The third kappa shape index (κ3) is 4.01. The van der Waals surface area contributed by atoms with Gasteiger partial charge in [0.1, 0.15) is 0 Å². The van der Waals surface area contributed by atoms with Gasteiger partial charge in [-0.25, -0.2) is 0 Å². The summed E-state index contributed by atoms with van der Waals surface area (Å²) < 4.78 is 0.